The van der Waals surface area contributed by atoms with Crippen LogP contribution in [0.4, 0.5) is 10.3 Å². The zero-order chi connectivity index (χ0) is 17.1. The summed E-state index contributed by atoms with van der Waals surface area (Å²) >= 11 is 1.18. The van der Waals surface area contributed by atoms with Gasteiger partial charge in [-0.1, -0.05) is 12.1 Å². The Morgan fingerprint density at radius 2 is 2.17 bits per heavy atom. The second-order valence-corrected chi connectivity index (χ2v) is 6.03. The van der Waals surface area contributed by atoms with E-state index in [0.29, 0.717) is 22.7 Å². The van der Waals surface area contributed by atoms with Crippen molar-refractivity contribution in [3.05, 3.63) is 63.4 Å². The zero-order valence-corrected chi connectivity index (χ0v) is 13.5. The molecule has 1 amide bonds. The lowest BCUT2D eigenvalue weighted by atomic mass is 10.1. The molecule has 0 bridgehead atoms. The molecule has 3 aromatic rings. The molecule has 0 radical (unpaired) electrons. The summed E-state index contributed by atoms with van der Waals surface area (Å²) < 4.78 is 13.2. The van der Waals surface area contributed by atoms with Gasteiger partial charge in [-0.2, -0.15) is 4.98 Å². The molecule has 0 aliphatic heterocycles. The fourth-order valence-corrected chi connectivity index (χ4v) is 2.91. The molecule has 0 atom stereocenters. The third kappa shape index (κ3) is 3.72. The van der Waals surface area contributed by atoms with Crippen molar-refractivity contribution in [1.29, 1.82) is 0 Å². The van der Waals surface area contributed by atoms with Crippen LogP contribution >= 0.6 is 11.3 Å². The number of nitrogens with zero attached hydrogens (tertiary/aromatic N) is 2. The standard InChI is InChI=1S/C16H13FN4O2S/c1-9(22)11-7-13(24-8-11)15(23)19-16-18-14(20-21-16)6-10-3-2-4-12(17)5-10/h2-5,7-8H,6H2,1H3,(H2,18,19,20,21,23). The van der Waals surface area contributed by atoms with Crippen LogP contribution in [0.25, 0.3) is 0 Å². The Balaban J connectivity index is 1.67. The molecule has 6 nitrogen and oxygen atoms in total. The van der Waals surface area contributed by atoms with Crippen LogP contribution < -0.4 is 5.32 Å². The topological polar surface area (TPSA) is 87.7 Å². The van der Waals surface area contributed by atoms with E-state index in [1.165, 1.54) is 36.5 Å². The number of thiophene rings is 1. The van der Waals surface area contributed by atoms with Crippen molar-refractivity contribution in [2.45, 2.75) is 13.3 Å². The van der Waals surface area contributed by atoms with Crippen LogP contribution in [0.1, 0.15) is 38.3 Å². The summed E-state index contributed by atoms with van der Waals surface area (Å²) in [6.07, 6.45) is 0.369. The zero-order valence-electron chi connectivity index (χ0n) is 12.7. The van der Waals surface area contributed by atoms with E-state index in [-0.39, 0.29) is 23.5 Å². The number of nitrogens with one attached hydrogen (secondary N) is 2. The number of Topliss-reactive ketones (excluding diaryl/α,β-unsaturated/α-hetero) is 1. The number of aromatic amines is 1. The van der Waals surface area contributed by atoms with Gasteiger partial charge in [-0.3, -0.25) is 20.0 Å². The monoisotopic (exact) mass is 344 g/mol. The second kappa shape index (κ2) is 6.71. The highest BCUT2D eigenvalue weighted by molar-refractivity contribution is 7.12. The Labute approximate surface area is 140 Å². The maximum Gasteiger partial charge on any atom is 0.268 e. The Kier molecular flexibility index (Phi) is 4.48. The number of anilines is 1. The van der Waals surface area contributed by atoms with Gasteiger partial charge in [-0.25, -0.2) is 4.39 Å². The maximum atomic E-state index is 13.2. The van der Waals surface area contributed by atoms with E-state index in [9.17, 15) is 14.0 Å². The van der Waals surface area contributed by atoms with Gasteiger partial charge in [0.1, 0.15) is 11.6 Å². The minimum absolute atomic E-state index is 0.0967. The molecule has 2 heterocycles. The molecule has 1 aromatic carbocycles. The molecule has 2 N–H and O–H groups in total. The highest BCUT2D eigenvalue weighted by atomic mass is 32.1. The highest BCUT2D eigenvalue weighted by Gasteiger charge is 2.14. The lowest BCUT2D eigenvalue weighted by Gasteiger charge is -1.98. The molecule has 24 heavy (non-hydrogen) atoms. The molecule has 0 aliphatic rings. The molecule has 0 fully saturated rings. The van der Waals surface area contributed by atoms with E-state index in [2.05, 4.69) is 20.5 Å². The number of carbonyl (C=O) groups is 2. The van der Waals surface area contributed by atoms with E-state index in [1.54, 1.807) is 17.5 Å². The summed E-state index contributed by atoms with van der Waals surface area (Å²) in [6, 6.07) is 7.70. The van der Waals surface area contributed by atoms with E-state index in [4.69, 9.17) is 0 Å². The minimum Gasteiger partial charge on any atom is -0.294 e. The molecule has 0 saturated heterocycles. The fraction of sp³-hybridized carbons (Fsp3) is 0.125. The summed E-state index contributed by atoms with van der Waals surface area (Å²) in [5.41, 5.74) is 1.24. The number of ketones is 1. The number of amides is 1. The van der Waals surface area contributed by atoms with Gasteiger partial charge in [-0.15, -0.1) is 16.4 Å². The first-order valence-corrected chi connectivity index (χ1v) is 7.96. The highest BCUT2D eigenvalue weighted by Crippen LogP contribution is 2.16. The average Bonchev–Trinajstić information content (AvgIpc) is 3.17. The van der Waals surface area contributed by atoms with Crippen molar-refractivity contribution in [2.24, 2.45) is 0 Å². The van der Waals surface area contributed by atoms with Crippen molar-refractivity contribution < 1.29 is 14.0 Å². The van der Waals surface area contributed by atoms with Gasteiger partial charge in [0.05, 0.1) is 4.88 Å². The van der Waals surface area contributed by atoms with Crippen LogP contribution in [0.2, 0.25) is 0 Å². The summed E-state index contributed by atoms with van der Waals surface area (Å²) in [6.45, 7) is 1.44. The van der Waals surface area contributed by atoms with E-state index < -0.39 is 0 Å². The van der Waals surface area contributed by atoms with Crippen molar-refractivity contribution in [3.63, 3.8) is 0 Å². The first-order valence-electron chi connectivity index (χ1n) is 7.08. The fourth-order valence-electron chi connectivity index (χ4n) is 2.07. The molecule has 8 heteroatoms. The number of aromatic nitrogens is 3. The summed E-state index contributed by atoms with van der Waals surface area (Å²) in [7, 11) is 0. The van der Waals surface area contributed by atoms with Crippen molar-refractivity contribution in [3.8, 4) is 0 Å². The van der Waals surface area contributed by atoms with Crippen LogP contribution in [0.5, 0.6) is 0 Å². The summed E-state index contributed by atoms with van der Waals surface area (Å²) in [4.78, 5) is 27.9. The average molecular weight is 344 g/mol. The van der Waals surface area contributed by atoms with Crippen LogP contribution in [0.15, 0.2) is 35.7 Å². The van der Waals surface area contributed by atoms with E-state index in [0.717, 1.165) is 5.56 Å². The Morgan fingerprint density at radius 3 is 2.88 bits per heavy atom. The SMILES string of the molecule is CC(=O)c1csc(C(=O)Nc2n[nH]c(Cc3cccc(F)c3)n2)c1. The number of hydrogen-bond donors (Lipinski definition) is 2. The first-order chi connectivity index (χ1) is 11.5. The molecule has 3 rings (SSSR count). The summed E-state index contributed by atoms with van der Waals surface area (Å²) in [5, 5.41) is 10.8. The molecular weight excluding hydrogens is 331 g/mol. The Hall–Kier alpha value is -2.87. The first kappa shape index (κ1) is 16.0. The van der Waals surface area contributed by atoms with Crippen molar-refractivity contribution in [1.82, 2.24) is 15.2 Å². The number of H-pyrrole nitrogens is 1. The molecular formula is C16H13FN4O2S. The van der Waals surface area contributed by atoms with Gasteiger partial charge in [0.2, 0.25) is 5.95 Å². The molecule has 2 aromatic heterocycles. The van der Waals surface area contributed by atoms with Crippen molar-refractivity contribution >= 4 is 29.0 Å². The van der Waals surface area contributed by atoms with Crippen LogP contribution in [0, 0.1) is 5.82 Å². The molecule has 0 spiro atoms. The molecule has 122 valence electrons. The molecule has 0 saturated carbocycles. The number of carbonyl (C=O) groups excluding carboxylic acids is 2. The third-order valence-electron chi connectivity index (χ3n) is 3.25. The van der Waals surface area contributed by atoms with E-state index >= 15 is 0 Å². The summed E-state index contributed by atoms with van der Waals surface area (Å²) in [5.74, 6) is -0.167. The van der Waals surface area contributed by atoms with Gasteiger partial charge in [-0.05, 0) is 30.7 Å². The lowest BCUT2D eigenvalue weighted by Crippen LogP contribution is -2.11. The predicted octanol–water partition coefficient (Wildman–Crippen LogP) is 3.05. The van der Waals surface area contributed by atoms with Crippen molar-refractivity contribution in [2.75, 3.05) is 5.32 Å². The molecule has 0 unspecified atom stereocenters. The lowest BCUT2D eigenvalue weighted by molar-refractivity contribution is 0.101. The smallest absolute Gasteiger partial charge is 0.268 e. The van der Waals surface area contributed by atoms with Crippen LogP contribution in [-0.2, 0) is 6.42 Å². The maximum absolute atomic E-state index is 13.2. The number of hydrogen-bond acceptors (Lipinski definition) is 5. The van der Waals surface area contributed by atoms with Gasteiger partial charge in [0, 0.05) is 17.4 Å². The molecule has 0 aliphatic carbocycles. The quantitative estimate of drug-likeness (QED) is 0.696. The van der Waals surface area contributed by atoms with Crippen LogP contribution in [0.3, 0.4) is 0 Å². The van der Waals surface area contributed by atoms with E-state index in [1.807, 2.05) is 0 Å². The van der Waals surface area contributed by atoms with Crippen LogP contribution in [-0.4, -0.2) is 26.9 Å². The van der Waals surface area contributed by atoms with Gasteiger partial charge in [0.25, 0.3) is 5.91 Å². The van der Waals surface area contributed by atoms with Gasteiger partial charge in [0.15, 0.2) is 5.78 Å². The number of halogens is 1. The largest absolute Gasteiger partial charge is 0.294 e. The normalized spacial score (nSPS) is 10.6. The number of benzene rings is 1. The number of rotatable bonds is 5. The Morgan fingerprint density at radius 1 is 1.33 bits per heavy atom. The van der Waals surface area contributed by atoms with Gasteiger partial charge < -0.3 is 0 Å². The van der Waals surface area contributed by atoms with Gasteiger partial charge >= 0.3 is 0 Å². The second-order valence-electron chi connectivity index (χ2n) is 5.12. The Bertz CT molecular complexity index is 903. The minimum atomic E-state index is -0.385. The predicted molar refractivity (Wildman–Crippen MR) is 87.9 cm³/mol. The third-order valence-corrected chi connectivity index (χ3v) is 4.18.